The van der Waals surface area contributed by atoms with E-state index in [1.807, 2.05) is 0 Å². The number of rotatable bonds is 24. The Morgan fingerprint density at radius 3 is 1.49 bits per heavy atom. The highest BCUT2D eigenvalue weighted by Crippen LogP contribution is 2.09. The zero-order chi connectivity index (χ0) is 26.1. The van der Waals surface area contributed by atoms with Crippen LogP contribution in [0.15, 0.2) is 36.5 Å². The lowest BCUT2D eigenvalue weighted by Crippen LogP contribution is -1.99. The minimum Gasteiger partial charge on any atom is -0.466 e. The van der Waals surface area contributed by atoms with Gasteiger partial charge in [0.2, 0.25) is 0 Å². The lowest BCUT2D eigenvalue weighted by Gasteiger charge is -1.98. The molecule has 0 aliphatic heterocycles. The number of hydrogen-bond acceptors (Lipinski definition) is 3. The third-order valence-corrected chi connectivity index (χ3v) is 5.82. The molecule has 206 valence electrons. The molecule has 0 amide bonds. The van der Waals surface area contributed by atoms with E-state index in [-0.39, 0.29) is 5.97 Å². The van der Waals surface area contributed by atoms with Crippen LogP contribution in [0.5, 0.6) is 0 Å². The van der Waals surface area contributed by atoms with Crippen molar-refractivity contribution in [2.45, 2.75) is 149 Å². The number of unbranched alkanes of at least 4 members (excludes halogenated alkanes) is 15. The van der Waals surface area contributed by atoms with E-state index in [9.17, 15) is 4.79 Å². The topological polar surface area (TPSA) is 46.5 Å². The minimum absolute atomic E-state index is 0.191. The first-order valence-corrected chi connectivity index (χ1v) is 14.9. The largest absolute Gasteiger partial charge is 0.466 e. The highest BCUT2D eigenvalue weighted by atomic mass is 16.5. The molecule has 0 atom stereocenters. The van der Waals surface area contributed by atoms with E-state index in [4.69, 9.17) is 9.84 Å². The smallest absolute Gasteiger partial charge is 0.302 e. The van der Waals surface area contributed by atoms with Gasteiger partial charge in [-0.15, -0.1) is 0 Å². The molecule has 3 nitrogen and oxygen atoms in total. The lowest BCUT2D eigenvalue weighted by molar-refractivity contribution is -0.141. The number of aliphatic hydroxyl groups excluding tert-OH is 1. The summed E-state index contributed by atoms with van der Waals surface area (Å²) in [6, 6.07) is 0. The Bertz CT molecular complexity index is 461. The summed E-state index contributed by atoms with van der Waals surface area (Å²) in [6.45, 7) is 6.83. The third kappa shape index (κ3) is 40.1. The van der Waals surface area contributed by atoms with Gasteiger partial charge in [-0.3, -0.25) is 4.79 Å². The third-order valence-electron chi connectivity index (χ3n) is 5.82. The molecule has 0 aromatic carbocycles. The normalized spacial score (nSPS) is 11.4. The Kier molecular flexibility index (Phi) is 35.6. The lowest BCUT2D eigenvalue weighted by atomic mass is 10.1. The molecule has 0 bridgehead atoms. The van der Waals surface area contributed by atoms with Crippen LogP contribution in [-0.2, 0) is 9.53 Å². The second-order valence-electron chi connectivity index (χ2n) is 9.46. The molecule has 0 spiro atoms. The van der Waals surface area contributed by atoms with E-state index in [0.29, 0.717) is 13.2 Å². The maximum Gasteiger partial charge on any atom is 0.302 e. The van der Waals surface area contributed by atoms with Crippen LogP contribution in [0, 0.1) is 0 Å². The van der Waals surface area contributed by atoms with Crippen molar-refractivity contribution in [3.63, 3.8) is 0 Å². The number of carbonyl (C=O) groups excluding carboxylic acids is 1. The summed E-state index contributed by atoms with van der Waals surface area (Å²) in [6.07, 6.45) is 38.6. The number of ether oxygens (including phenoxy) is 1. The van der Waals surface area contributed by atoms with E-state index < -0.39 is 0 Å². The quantitative estimate of drug-likeness (QED) is 0.0828. The zero-order valence-corrected chi connectivity index (χ0v) is 23.8. The number of carbonyl (C=O) groups is 1. The molecule has 3 heteroatoms. The first-order valence-electron chi connectivity index (χ1n) is 14.9. The standard InChI is InChI=1S/C17H34O.C15H26O2/c1-2-3-4-5-6-7-8-9-10-11-12-13-14-15-16-17-18;1-3-4-5-6-7-8-9-10-11-12-13-14-17-15(2)16/h9-10,18H,2-8,11-17H2,1H3;7-8,10-11H,3-6,9,12-14H2,1-2H3/b10-9-;8-7-,11-10-. The van der Waals surface area contributed by atoms with Crippen LogP contribution in [-0.4, -0.2) is 24.3 Å². The van der Waals surface area contributed by atoms with Crippen molar-refractivity contribution >= 4 is 5.97 Å². The van der Waals surface area contributed by atoms with Gasteiger partial charge < -0.3 is 9.84 Å². The average Bonchev–Trinajstić information content (AvgIpc) is 2.85. The molecule has 0 fully saturated rings. The molecule has 0 saturated heterocycles. The Balaban J connectivity index is 0. The average molecular weight is 493 g/mol. The summed E-state index contributed by atoms with van der Waals surface area (Å²) in [5.74, 6) is -0.191. The van der Waals surface area contributed by atoms with Crippen molar-refractivity contribution in [2.75, 3.05) is 13.2 Å². The molecule has 0 radical (unpaired) electrons. The highest BCUT2D eigenvalue weighted by Gasteiger charge is 1.91. The van der Waals surface area contributed by atoms with Gasteiger partial charge in [0.05, 0.1) is 6.61 Å². The fourth-order valence-corrected chi connectivity index (χ4v) is 3.62. The molecule has 0 heterocycles. The first kappa shape index (κ1) is 35.8. The molecule has 0 unspecified atom stereocenters. The van der Waals surface area contributed by atoms with Gasteiger partial charge in [0, 0.05) is 13.5 Å². The molecule has 0 rings (SSSR count). The van der Waals surface area contributed by atoms with Crippen molar-refractivity contribution in [1.29, 1.82) is 0 Å². The van der Waals surface area contributed by atoms with Crippen LogP contribution < -0.4 is 0 Å². The highest BCUT2D eigenvalue weighted by molar-refractivity contribution is 5.65. The molecule has 0 aliphatic rings. The van der Waals surface area contributed by atoms with Crippen molar-refractivity contribution in [3.05, 3.63) is 36.5 Å². The van der Waals surface area contributed by atoms with Crippen molar-refractivity contribution in [1.82, 2.24) is 0 Å². The van der Waals surface area contributed by atoms with Gasteiger partial charge >= 0.3 is 5.97 Å². The Labute approximate surface area is 219 Å². The van der Waals surface area contributed by atoms with Crippen LogP contribution in [0.3, 0.4) is 0 Å². The van der Waals surface area contributed by atoms with Gasteiger partial charge in [0.25, 0.3) is 0 Å². The van der Waals surface area contributed by atoms with Gasteiger partial charge in [0.1, 0.15) is 0 Å². The predicted molar refractivity (Wildman–Crippen MR) is 155 cm³/mol. The second kappa shape index (κ2) is 34.8. The van der Waals surface area contributed by atoms with E-state index >= 15 is 0 Å². The van der Waals surface area contributed by atoms with Crippen LogP contribution in [0.2, 0.25) is 0 Å². The second-order valence-corrected chi connectivity index (χ2v) is 9.46. The SMILES string of the molecule is CCCCC/C=C\C/C=C\CCCOC(C)=O.CCCCCCCC/C=C\CCCCCCCO. The maximum absolute atomic E-state index is 10.5. The van der Waals surface area contributed by atoms with E-state index in [1.165, 1.54) is 110 Å². The molecule has 0 aromatic heterocycles. The molecule has 0 aliphatic carbocycles. The van der Waals surface area contributed by atoms with Crippen LogP contribution in [0.4, 0.5) is 0 Å². The van der Waals surface area contributed by atoms with Crippen molar-refractivity contribution < 1.29 is 14.6 Å². The number of esters is 1. The molecular weight excluding hydrogens is 432 g/mol. The summed E-state index contributed by atoms with van der Waals surface area (Å²) in [4.78, 5) is 10.5. The number of allylic oxidation sites excluding steroid dienone is 6. The fraction of sp³-hybridized carbons (Fsp3) is 0.781. The van der Waals surface area contributed by atoms with Crippen LogP contribution >= 0.6 is 0 Å². The molecular formula is C32H60O3. The van der Waals surface area contributed by atoms with Gasteiger partial charge in [0.15, 0.2) is 0 Å². The van der Waals surface area contributed by atoms with Crippen molar-refractivity contribution in [3.8, 4) is 0 Å². The number of hydrogen-bond donors (Lipinski definition) is 1. The van der Waals surface area contributed by atoms with Crippen molar-refractivity contribution in [2.24, 2.45) is 0 Å². The zero-order valence-electron chi connectivity index (χ0n) is 23.8. The Morgan fingerprint density at radius 2 is 0.971 bits per heavy atom. The van der Waals surface area contributed by atoms with Crippen LogP contribution in [0.25, 0.3) is 0 Å². The Morgan fingerprint density at radius 1 is 0.571 bits per heavy atom. The maximum atomic E-state index is 10.5. The van der Waals surface area contributed by atoms with Gasteiger partial charge in [-0.05, 0) is 64.2 Å². The van der Waals surface area contributed by atoms with Gasteiger partial charge in [-0.2, -0.15) is 0 Å². The monoisotopic (exact) mass is 492 g/mol. The minimum atomic E-state index is -0.191. The van der Waals surface area contributed by atoms with Crippen LogP contribution in [0.1, 0.15) is 149 Å². The number of aliphatic hydroxyl groups is 1. The van der Waals surface area contributed by atoms with E-state index in [1.54, 1.807) is 0 Å². The summed E-state index contributed by atoms with van der Waals surface area (Å²) in [5, 5.41) is 8.65. The Hall–Kier alpha value is -1.35. The first-order chi connectivity index (χ1) is 17.2. The molecule has 1 N–H and O–H groups in total. The van der Waals surface area contributed by atoms with E-state index in [0.717, 1.165) is 25.7 Å². The summed E-state index contributed by atoms with van der Waals surface area (Å²) < 4.78 is 4.84. The molecule has 0 saturated carbocycles. The molecule has 0 aromatic rings. The van der Waals surface area contributed by atoms with Gasteiger partial charge in [-0.25, -0.2) is 0 Å². The van der Waals surface area contributed by atoms with E-state index in [2.05, 4.69) is 50.3 Å². The summed E-state index contributed by atoms with van der Waals surface area (Å²) >= 11 is 0. The fourth-order valence-electron chi connectivity index (χ4n) is 3.62. The van der Waals surface area contributed by atoms with Gasteiger partial charge in [-0.1, -0.05) is 115 Å². The molecule has 35 heavy (non-hydrogen) atoms. The predicted octanol–water partition coefficient (Wildman–Crippen LogP) is 10.0. The summed E-state index contributed by atoms with van der Waals surface area (Å²) in [7, 11) is 0. The summed E-state index contributed by atoms with van der Waals surface area (Å²) in [5.41, 5.74) is 0.